The van der Waals surface area contributed by atoms with Crippen LogP contribution in [-0.2, 0) is 9.53 Å². The van der Waals surface area contributed by atoms with Gasteiger partial charge in [0, 0.05) is 12.2 Å². The molecule has 0 aliphatic rings. The molecule has 0 aliphatic carbocycles. The number of primary amides is 1. The number of hydrogen-bond acceptors (Lipinski definition) is 4. The van der Waals surface area contributed by atoms with Crippen molar-refractivity contribution in [1.29, 1.82) is 0 Å². The molecule has 0 atom stereocenters. The lowest BCUT2D eigenvalue weighted by molar-refractivity contribution is -0.122. The number of ether oxygens (including phenoxy) is 1. The van der Waals surface area contributed by atoms with E-state index < -0.39 is 17.6 Å². The van der Waals surface area contributed by atoms with Gasteiger partial charge in [0.2, 0.25) is 5.91 Å². The molecule has 7 heteroatoms. The largest absolute Gasteiger partial charge is 0.399 e. The minimum absolute atomic E-state index is 0.0981. The fourth-order valence-electron chi connectivity index (χ4n) is 1.22. The molecule has 0 saturated carbocycles. The molecule has 5 N–H and O–H groups in total. The molecule has 0 aliphatic heterocycles. The number of carbonyl (C=O) groups is 2. The summed E-state index contributed by atoms with van der Waals surface area (Å²) in [4.78, 5) is 21.9. The van der Waals surface area contributed by atoms with Gasteiger partial charge < -0.3 is 21.5 Å². The van der Waals surface area contributed by atoms with Crippen molar-refractivity contribution >= 4 is 17.5 Å². The van der Waals surface area contributed by atoms with E-state index in [1.54, 1.807) is 0 Å². The fraction of sp³-hybridized carbons (Fsp3) is 0.273. The van der Waals surface area contributed by atoms with Gasteiger partial charge in [-0.3, -0.25) is 9.59 Å². The summed E-state index contributed by atoms with van der Waals surface area (Å²) in [5.41, 5.74) is 10.4. The van der Waals surface area contributed by atoms with Gasteiger partial charge in [-0.15, -0.1) is 0 Å². The summed E-state index contributed by atoms with van der Waals surface area (Å²) >= 11 is 0. The molecule has 6 nitrogen and oxygen atoms in total. The second kappa shape index (κ2) is 6.55. The lowest BCUT2D eigenvalue weighted by Gasteiger charge is -2.06. The molecule has 1 aromatic carbocycles. The monoisotopic (exact) mass is 255 g/mol. The molecule has 0 aromatic heterocycles. The summed E-state index contributed by atoms with van der Waals surface area (Å²) in [5.74, 6) is -1.85. The average molecular weight is 255 g/mol. The molecule has 1 rings (SSSR count). The van der Waals surface area contributed by atoms with Crippen LogP contribution in [0.15, 0.2) is 18.2 Å². The van der Waals surface area contributed by atoms with E-state index in [4.69, 9.17) is 16.2 Å². The van der Waals surface area contributed by atoms with E-state index in [0.717, 1.165) is 6.07 Å². The Kier molecular flexibility index (Phi) is 5.06. The maximum atomic E-state index is 13.3. The highest BCUT2D eigenvalue weighted by atomic mass is 19.1. The smallest absolute Gasteiger partial charge is 0.254 e. The summed E-state index contributed by atoms with van der Waals surface area (Å²) in [7, 11) is 0. The second-order valence-electron chi connectivity index (χ2n) is 3.51. The Morgan fingerprint density at radius 3 is 2.72 bits per heavy atom. The normalized spacial score (nSPS) is 10.1. The first-order chi connectivity index (χ1) is 8.50. The van der Waals surface area contributed by atoms with Crippen LogP contribution < -0.4 is 16.8 Å². The lowest BCUT2D eigenvalue weighted by atomic mass is 10.2. The van der Waals surface area contributed by atoms with Crippen LogP contribution in [0.4, 0.5) is 10.1 Å². The van der Waals surface area contributed by atoms with E-state index in [-0.39, 0.29) is 31.0 Å². The van der Waals surface area contributed by atoms with Gasteiger partial charge in [-0.1, -0.05) is 0 Å². The number of nitrogen functional groups attached to an aromatic ring is 1. The average Bonchev–Trinajstić information content (AvgIpc) is 2.27. The number of hydrogen-bond donors (Lipinski definition) is 3. The van der Waals surface area contributed by atoms with Crippen LogP contribution in [0.25, 0.3) is 0 Å². The molecule has 0 spiro atoms. The standard InChI is InChI=1S/C11H14FN3O3/c12-9-5-7(13)1-2-8(9)11(17)15-3-4-18-6-10(14)16/h1-2,5H,3-4,6,13H2,(H2,14,16)(H,15,17). The number of nitrogens with one attached hydrogen (secondary N) is 1. The molecule has 0 fully saturated rings. The van der Waals surface area contributed by atoms with Crippen LogP contribution >= 0.6 is 0 Å². The van der Waals surface area contributed by atoms with Gasteiger partial charge >= 0.3 is 0 Å². The van der Waals surface area contributed by atoms with E-state index in [1.807, 2.05) is 0 Å². The molecule has 18 heavy (non-hydrogen) atoms. The van der Waals surface area contributed by atoms with Crippen LogP contribution in [0.2, 0.25) is 0 Å². The summed E-state index contributed by atoms with van der Waals surface area (Å²) in [6.07, 6.45) is 0. The number of benzene rings is 1. The van der Waals surface area contributed by atoms with Crippen LogP contribution in [0.5, 0.6) is 0 Å². The summed E-state index contributed by atoms with van der Waals surface area (Å²) in [6, 6.07) is 3.80. The van der Waals surface area contributed by atoms with Crippen LogP contribution in [0.1, 0.15) is 10.4 Å². The third kappa shape index (κ3) is 4.38. The van der Waals surface area contributed by atoms with Crippen LogP contribution in [0.3, 0.4) is 0 Å². The highest BCUT2D eigenvalue weighted by Crippen LogP contribution is 2.11. The van der Waals surface area contributed by atoms with E-state index >= 15 is 0 Å². The third-order valence-corrected chi connectivity index (χ3v) is 2.01. The van der Waals surface area contributed by atoms with Crippen molar-refractivity contribution in [2.75, 3.05) is 25.5 Å². The molecule has 2 amide bonds. The van der Waals surface area contributed by atoms with Gasteiger partial charge in [-0.05, 0) is 18.2 Å². The van der Waals surface area contributed by atoms with Gasteiger partial charge in [-0.25, -0.2) is 4.39 Å². The number of carbonyl (C=O) groups excluding carboxylic acids is 2. The number of halogens is 1. The molecule has 0 saturated heterocycles. The van der Waals surface area contributed by atoms with Crippen molar-refractivity contribution in [3.63, 3.8) is 0 Å². The summed E-state index contributed by atoms with van der Waals surface area (Å²) in [6.45, 7) is 0.0489. The first-order valence-electron chi connectivity index (χ1n) is 5.20. The zero-order valence-corrected chi connectivity index (χ0v) is 9.61. The van der Waals surface area contributed by atoms with E-state index in [1.165, 1.54) is 12.1 Å². The van der Waals surface area contributed by atoms with E-state index in [9.17, 15) is 14.0 Å². The Hall–Kier alpha value is -2.15. The Balaban J connectivity index is 2.39. The highest BCUT2D eigenvalue weighted by molar-refractivity contribution is 5.94. The Morgan fingerprint density at radius 2 is 2.11 bits per heavy atom. The predicted octanol–water partition coefficient (Wildman–Crippen LogP) is -0.360. The topological polar surface area (TPSA) is 107 Å². The third-order valence-electron chi connectivity index (χ3n) is 2.01. The fourth-order valence-corrected chi connectivity index (χ4v) is 1.22. The molecule has 0 heterocycles. The molecular weight excluding hydrogens is 241 g/mol. The minimum atomic E-state index is -0.689. The molecule has 1 aromatic rings. The SMILES string of the molecule is NC(=O)COCCNC(=O)c1ccc(N)cc1F. The van der Waals surface area contributed by atoms with Crippen molar-refractivity contribution in [2.24, 2.45) is 5.73 Å². The second-order valence-corrected chi connectivity index (χ2v) is 3.51. The van der Waals surface area contributed by atoms with Crippen molar-refractivity contribution < 1.29 is 18.7 Å². The zero-order chi connectivity index (χ0) is 13.5. The van der Waals surface area contributed by atoms with Gasteiger partial charge in [-0.2, -0.15) is 0 Å². The molecule has 0 unspecified atom stereocenters. The van der Waals surface area contributed by atoms with E-state index in [2.05, 4.69) is 5.32 Å². The van der Waals surface area contributed by atoms with Crippen molar-refractivity contribution in [3.8, 4) is 0 Å². The number of nitrogens with two attached hydrogens (primary N) is 2. The quantitative estimate of drug-likeness (QED) is 0.476. The van der Waals surface area contributed by atoms with Gasteiger partial charge in [0.1, 0.15) is 12.4 Å². The van der Waals surface area contributed by atoms with Gasteiger partial charge in [0.05, 0.1) is 12.2 Å². The zero-order valence-electron chi connectivity index (χ0n) is 9.61. The van der Waals surface area contributed by atoms with Crippen LogP contribution in [0, 0.1) is 5.82 Å². The molecule has 0 radical (unpaired) electrons. The summed E-state index contributed by atoms with van der Waals surface area (Å²) < 4.78 is 18.2. The van der Waals surface area contributed by atoms with Gasteiger partial charge in [0.25, 0.3) is 5.91 Å². The van der Waals surface area contributed by atoms with Crippen molar-refractivity contribution in [1.82, 2.24) is 5.32 Å². The van der Waals surface area contributed by atoms with Crippen molar-refractivity contribution in [3.05, 3.63) is 29.6 Å². The van der Waals surface area contributed by atoms with Crippen molar-refractivity contribution in [2.45, 2.75) is 0 Å². The summed E-state index contributed by atoms with van der Waals surface area (Å²) in [5, 5.41) is 2.44. The lowest BCUT2D eigenvalue weighted by Crippen LogP contribution is -2.29. The Morgan fingerprint density at radius 1 is 1.39 bits per heavy atom. The van der Waals surface area contributed by atoms with Crippen LogP contribution in [-0.4, -0.2) is 31.6 Å². The minimum Gasteiger partial charge on any atom is -0.399 e. The van der Waals surface area contributed by atoms with Gasteiger partial charge in [0.15, 0.2) is 0 Å². The maximum Gasteiger partial charge on any atom is 0.254 e. The molecule has 0 bridgehead atoms. The highest BCUT2D eigenvalue weighted by Gasteiger charge is 2.10. The number of amides is 2. The molecular formula is C11H14FN3O3. The van der Waals surface area contributed by atoms with E-state index in [0.29, 0.717) is 0 Å². The maximum absolute atomic E-state index is 13.3. The number of anilines is 1. The molecule has 98 valence electrons. The predicted molar refractivity (Wildman–Crippen MR) is 63.2 cm³/mol. The Labute approximate surface area is 103 Å². The first kappa shape index (κ1) is 13.9. The number of rotatable bonds is 6. The Bertz CT molecular complexity index is 451. The first-order valence-corrected chi connectivity index (χ1v) is 5.20.